The Hall–Kier alpha value is -1.02. The highest BCUT2D eigenvalue weighted by atomic mass is 16.5. The van der Waals surface area contributed by atoms with Crippen LogP contribution in [0, 0.1) is 11.8 Å². The van der Waals surface area contributed by atoms with Gasteiger partial charge in [-0.2, -0.15) is 0 Å². The summed E-state index contributed by atoms with van der Waals surface area (Å²) in [6.07, 6.45) is 5.39. The molecule has 1 saturated carbocycles. The van der Waals surface area contributed by atoms with Gasteiger partial charge in [0.2, 0.25) is 0 Å². The minimum atomic E-state index is 0.349. The molecule has 2 nitrogen and oxygen atoms in total. The molecule has 1 N–H and O–H groups in total. The maximum Gasteiger partial charge on any atom is 0.123 e. The zero-order valence-electron chi connectivity index (χ0n) is 13.4. The molecule has 3 atom stereocenters. The standard InChI is InChI=1S/C18H29NO/c1-13(2)15-8-7-9-16(12-15)19-14(3)17-10-5-6-11-18(17)20-4/h5-6,10-11,13-16,19H,7-9,12H2,1-4H3. The molecule has 112 valence electrons. The molecule has 0 radical (unpaired) electrons. The first-order chi connectivity index (χ1) is 9.61. The zero-order valence-corrected chi connectivity index (χ0v) is 13.4. The SMILES string of the molecule is COc1ccccc1C(C)NC1CCCC(C(C)C)C1. The van der Waals surface area contributed by atoms with Gasteiger partial charge in [-0.05, 0) is 37.7 Å². The molecule has 0 heterocycles. The Kier molecular flexibility index (Phi) is 5.47. The Morgan fingerprint density at radius 2 is 1.90 bits per heavy atom. The van der Waals surface area contributed by atoms with Crippen molar-refractivity contribution in [1.82, 2.24) is 5.32 Å². The van der Waals surface area contributed by atoms with E-state index in [4.69, 9.17) is 4.74 Å². The molecule has 1 aliphatic rings. The molecule has 0 aromatic heterocycles. The Balaban J connectivity index is 1.98. The molecular formula is C18H29NO. The van der Waals surface area contributed by atoms with Crippen LogP contribution in [0.3, 0.4) is 0 Å². The maximum absolute atomic E-state index is 5.47. The smallest absolute Gasteiger partial charge is 0.123 e. The van der Waals surface area contributed by atoms with Crippen molar-refractivity contribution in [3.63, 3.8) is 0 Å². The molecule has 2 rings (SSSR count). The normalized spacial score (nSPS) is 24.6. The molecule has 20 heavy (non-hydrogen) atoms. The lowest BCUT2D eigenvalue weighted by Gasteiger charge is -2.34. The average molecular weight is 275 g/mol. The van der Waals surface area contributed by atoms with E-state index in [0.717, 1.165) is 17.6 Å². The predicted molar refractivity (Wildman–Crippen MR) is 85.1 cm³/mol. The highest BCUT2D eigenvalue weighted by molar-refractivity contribution is 5.35. The average Bonchev–Trinajstić information content (AvgIpc) is 2.47. The Bertz CT molecular complexity index is 416. The monoisotopic (exact) mass is 275 g/mol. The molecule has 0 aliphatic heterocycles. The van der Waals surface area contributed by atoms with Crippen LogP contribution in [0.4, 0.5) is 0 Å². The van der Waals surface area contributed by atoms with Gasteiger partial charge >= 0.3 is 0 Å². The van der Waals surface area contributed by atoms with Crippen LogP contribution in [0.25, 0.3) is 0 Å². The van der Waals surface area contributed by atoms with Gasteiger partial charge in [0, 0.05) is 17.6 Å². The summed E-state index contributed by atoms with van der Waals surface area (Å²) in [6.45, 7) is 6.96. The number of nitrogens with one attached hydrogen (secondary N) is 1. The van der Waals surface area contributed by atoms with Crippen molar-refractivity contribution in [2.45, 2.75) is 58.5 Å². The van der Waals surface area contributed by atoms with Crippen molar-refractivity contribution in [2.75, 3.05) is 7.11 Å². The van der Waals surface area contributed by atoms with E-state index < -0.39 is 0 Å². The van der Waals surface area contributed by atoms with E-state index in [1.54, 1.807) is 7.11 Å². The van der Waals surface area contributed by atoms with E-state index in [2.05, 4.69) is 38.2 Å². The lowest BCUT2D eigenvalue weighted by atomic mass is 9.79. The summed E-state index contributed by atoms with van der Waals surface area (Å²) in [5.41, 5.74) is 1.27. The van der Waals surface area contributed by atoms with Crippen LogP contribution in [0.2, 0.25) is 0 Å². The largest absolute Gasteiger partial charge is 0.496 e. The first-order valence-corrected chi connectivity index (χ1v) is 8.00. The summed E-state index contributed by atoms with van der Waals surface area (Å²) >= 11 is 0. The first-order valence-electron chi connectivity index (χ1n) is 8.00. The summed E-state index contributed by atoms with van der Waals surface area (Å²) < 4.78 is 5.47. The summed E-state index contributed by atoms with van der Waals surface area (Å²) in [5, 5.41) is 3.81. The van der Waals surface area contributed by atoms with Crippen molar-refractivity contribution in [3.05, 3.63) is 29.8 Å². The molecule has 0 bridgehead atoms. The quantitative estimate of drug-likeness (QED) is 0.850. The third-order valence-corrected chi connectivity index (χ3v) is 4.75. The fourth-order valence-corrected chi connectivity index (χ4v) is 3.45. The van der Waals surface area contributed by atoms with Crippen molar-refractivity contribution in [2.24, 2.45) is 11.8 Å². The molecule has 1 aromatic rings. The van der Waals surface area contributed by atoms with Crippen molar-refractivity contribution in [3.8, 4) is 5.75 Å². The third-order valence-electron chi connectivity index (χ3n) is 4.75. The topological polar surface area (TPSA) is 21.3 Å². The van der Waals surface area contributed by atoms with Gasteiger partial charge in [0.15, 0.2) is 0 Å². The van der Waals surface area contributed by atoms with Gasteiger partial charge in [-0.15, -0.1) is 0 Å². The molecule has 3 unspecified atom stereocenters. The van der Waals surface area contributed by atoms with E-state index in [0.29, 0.717) is 12.1 Å². The summed E-state index contributed by atoms with van der Waals surface area (Å²) in [6, 6.07) is 9.33. The van der Waals surface area contributed by atoms with Crippen LogP contribution >= 0.6 is 0 Å². The number of ether oxygens (including phenoxy) is 1. The van der Waals surface area contributed by atoms with Crippen molar-refractivity contribution >= 4 is 0 Å². The number of hydrogen-bond acceptors (Lipinski definition) is 2. The van der Waals surface area contributed by atoms with E-state index in [1.807, 2.05) is 12.1 Å². The van der Waals surface area contributed by atoms with Gasteiger partial charge < -0.3 is 10.1 Å². The predicted octanol–water partition coefficient (Wildman–Crippen LogP) is 4.56. The molecule has 0 spiro atoms. The third kappa shape index (κ3) is 3.76. The van der Waals surface area contributed by atoms with Crippen molar-refractivity contribution < 1.29 is 4.74 Å². The summed E-state index contributed by atoms with van der Waals surface area (Å²) in [5.74, 6) is 2.68. The number of methoxy groups -OCH3 is 1. The highest BCUT2D eigenvalue weighted by Crippen LogP contribution is 2.32. The van der Waals surface area contributed by atoms with Gasteiger partial charge in [0.05, 0.1) is 7.11 Å². The number of rotatable bonds is 5. The molecule has 0 saturated heterocycles. The summed E-state index contributed by atoms with van der Waals surface area (Å²) in [7, 11) is 1.75. The van der Waals surface area contributed by atoms with Gasteiger partial charge in [-0.1, -0.05) is 44.9 Å². The molecule has 2 heteroatoms. The van der Waals surface area contributed by atoms with Crippen LogP contribution in [0.1, 0.15) is 58.1 Å². The minimum Gasteiger partial charge on any atom is -0.496 e. The van der Waals surface area contributed by atoms with Crippen LogP contribution in [-0.2, 0) is 0 Å². The zero-order chi connectivity index (χ0) is 14.5. The second-order valence-electron chi connectivity index (χ2n) is 6.50. The fourth-order valence-electron chi connectivity index (χ4n) is 3.45. The van der Waals surface area contributed by atoms with E-state index in [-0.39, 0.29) is 0 Å². The first kappa shape index (κ1) is 15.4. The summed E-state index contributed by atoms with van der Waals surface area (Å²) in [4.78, 5) is 0. The van der Waals surface area contributed by atoms with Crippen LogP contribution < -0.4 is 10.1 Å². The second kappa shape index (κ2) is 7.12. The van der Waals surface area contributed by atoms with Gasteiger partial charge in [0.25, 0.3) is 0 Å². The number of para-hydroxylation sites is 1. The van der Waals surface area contributed by atoms with Crippen LogP contribution in [0.15, 0.2) is 24.3 Å². The Morgan fingerprint density at radius 1 is 1.15 bits per heavy atom. The lowest BCUT2D eigenvalue weighted by molar-refractivity contribution is 0.222. The Labute approximate surface area is 123 Å². The van der Waals surface area contributed by atoms with Crippen LogP contribution in [0.5, 0.6) is 5.75 Å². The van der Waals surface area contributed by atoms with Gasteiger partial charge in [0.1, 0.15) is 5.75 Å². The van der Waals surface area contributed by atoms with E-state index >= 15 is 0 Å². The number of benzene rings is 1. The van der Waals surface area contributed by atoms with Gasteiger partial charge in [-0.25, -0.2) is 0 Å². The molecule has 1 aromatic carbocycles. The molecule has 0 amide bonds. The maximum atomic E-state index is 5.47. The second-order valence-corrected chi connectivity index (χ2v) is 6.50. The van der Waals surface area contributed by atoms with Gasteiger partial charge in [-0.3, -0.25) is 0 Å². The molecule has 1 fully saturated rings. The molecular weight excluding hydrogens is 246 g/mol. The lowest BCUT2D eigenvalue weighted by Crippen LogP contribution is -2.37. The fraction of sp³-hybridized carbons (Fsp3) is 0.667. The molecule has 1 aliphatic carbocycles. The minimum absolute atomic E-state index is 0.349. The Morgan fingerprint density at radius 3 is 2.60 bits per heavy atom. The van der Waals surface area contributed by atoms with E-state index in [9.17, 15) is 0 Å². The highest BCUT2D eigenvalue weighted by Gasteiger charge is 2.25. The van der Waals surface area contributed by atoms with E-state index in [1.165, 1.54) is 31.2 Å². The van der Waals surface area contributed by atoms with Crippen LogP contribution in [-0.4, -0.2) is 13.2 Å². The van der Waals surface area contributed by atoms with Crippen molar-refractivity contribution in [1.29, 1.82) is 0 Å². The number of hydrogen-bond donors (Lipinski definition) is 1.